The Hall–Kier alpha value is -0.810. The van der Waals surface area contributed by atoms with Crippen LogP contribution in [0.5, 0.6) is 0 Å². The Balaban J connectivity index is 0.00000220. The summed E-state index contributed by atoms with van der Waals surface area (Å²) in [5, 5.41) is 8.42. The van der Waals surface area contributed by atoms with Gasteiger partial charge in [0.25, 0.3) is 0 Å². The molecule has 21 heavy (non-hydrogen) atoms. The van der Waals surface area contributed by atoms with Gasteiger partial charge in [-0.25, -0.2) is 0 Å². The summed E-state index contributed by atoms with van der Waals surface area (Å²) in [5.41, 5.74) is 1.03. The predicted molar refractivity (Wildman–Crippen MR) is 87.6 cm³/mol. The molecule has 7 heteroatoms. The molecule has 1 heterocycles. The van der Waals surface area contributed by atoms with Crippen LogP contribution in [0.15, 0.2) is 22.7 Å². The zero-order valence-corrected chi connectivity index (χ0v) is 14.2. The van der Waals surface area contributed by atoms with Crippen molar-refractivity contribution < 1.29 is 4.52 Å². The van der Waals surface area contributed by atoms with Crippen LogP contribution >= 0.6 is 35.6 Å². The van der Waals surface area contributed by atoms with Gasteiger partial charge in [-0.3, -0.25) is 0 Å². The third-order valence-corrected chi connectivity index (χ3v) is 3.70. The van der Waals surface area contributed by atoms with E-state index in [4.69, 9.17) is 27.7 Å². The number of aromatic nitrogens is 2. The molecule has 4 nitrogen and oxygen atoms in total. The number of benzene rings is 1. The first-order valence-corrected chi connectivity index (χ1v) is 7.26. The van der Waals surface area contributed by atoms with Crippen molar-refractivity contribution in [2.75, 3.05) is 7.05 Å². The monoisotopic (exact) mass is 349 g/mol. The molecule has 0 spiro atoms. The van der Waals surface area contributed by atoms with Crippen LogP contribution in [-0.2, 0) is 19.3 Å². The molecular formula is C14H18Cl3N3O. The largest absolute Gasteiger partial charge is 0.339 e. The smallest absolute Gasteiger partial charge is 0.226 e. The van der Waals surface area contributed by atoms with Crippen molar-refractivity contribution in [3.8, 4) is 0 Å². The van der Waals surface area contributed by atoms with Gasteiger partial charge < -0.3 is 9.84 Å². The van der Waals surface area contributed by atoms with E-state index in [0.29, 0.717) is 28.4 Å². The van der Waals surface area contributed by atoms with Gasteiger partial charge in [-0.15, -0.1) is 12.4 Å². The maximum atomic E-state index is 6.13. The Labute approximate surface area is 140 Å². The quantitative estimate of drug-likeness (QED) is 0.862. The highest BCUT2D eigenvalue weighted by molar-refractivity contribution is 6.35. The summed E-state index contributed by atoms with van der Waals surface area (Å²) < 4.78 is 5.24. The van der Waals surface area contributed by atoms with Crippen molar-refractivity contribution in [2.24, 2.45) is 0 Å². The highest BCUT2D eigenvalue weighted by Crippen LogP contribution is 2.22. The summed E-state index contributed by atoms with van der Waals surface area (Å²) in [6.45, 7) is 2.07. The van der Waals surface area contributed by atoms with E-state index >= 15 is 0 Å². The Morgan fingerprint density at radius 1 is 1.29 bits per heavy atom. The number of rotatable bonds is 6. The van der Waals surface area contributed by atoms with E-state index < -0.39 is 0 Å². The van der Waals surface area contributed by atoms with E-state index in [1.165, 1.54) is 0 Å². The number of nitrogens with zero attached hydrogens (tertiary/aromatic N) is 2. The molecule has 0 aliphatic rings. The SMILES string of the molecule is CNC(C)Cc1noc(CCc2ccc(Cl)cc2Cl)n1.Cl. The minimum absolute atomic E-state index is 0. The minimum atomic E-state index is 0. The summed E-state index contributed by atoms with van der Waals surface area (Å²) in [6.07, 6.45) is 2.17. The van der Waals surface area contributed by atoms with Crippen LogP contribution in [0.3, 0.4) is 0 Å². The van der Waals surface area contributed by atoms with Gasteiger partial charge in [0.1, 0.15) is 0 Å². The van der Waals surface area contributed by atoms with E-state index in [1.807, 2.05) is 19.2 Å². The van der Waals surface area contributed by atoms with Crippen LogP contribution in [-0.4, -0.2) is 23.2 Å². The highest BCUT2D eigenvalue weighted by atomic mass is 35.5. The molecule has 2 rings (SSSR count). The molecule has 116 valence electrons. The molecule has 0 bridgehead atoms. The van der Waals surface area contributed by atoms with Crippen LogP contribution < -0.4 is 5.32 Å². The number of hydrogen-bond donors (Lipinski definition) is 1. The average molecular weight is 351 g/mol. The standard InChI is InChI=1S/C14H17Cl2N3O.ClH/c1-9(17-2)7-13-18-14(20-19-13)6-4-10-3-5-11(15)8-12(10)16;/h3,5,8-9,17H,4,6-7H2,1-2H3;1H. The first kappa shape index (κ1) is 18.2. The number of aryl methyl sites for hydroxylation is 2. The number of likely N-dealkylation sites (N-methyl/N-ethyl adjacent to an activating group) is 1. The first-order valence-electron chi connectivity index (χ1n) is 6.51. The highest BCUT2D eigenvalue weighted by Gasteiger charge is 2.10. The molecule has 0 aliphatic heterocycles. The summed E-state index contributed by atoms with van der Waals surface area (Å²) in [6, 6.07) is 5.82. The Morgan fingerprint density at radius 3 is 2.71 bits per heavy atom. The van der Waals surface area contributed by atoms with Gasteiger partial charge in [-0.1, -0.05) is 34.4 Å². The van der Waals surface area contributed by atoms with E-state index in [9.17, 15) is 0 Å². The Bertz CT molecular complexity index is 574. The molecule has 1 N–H and O–H groups in total. The average Bonchev–Trinajstić information content (AvgIpc) is 2.85. The second kappa shape index (κ2) is 8.59. The predicted octanol–water partition coefficient (Wildman–Crippen LogP) is 3.73. The molecule has 1 aromatic carbocycles. The molecule has 1 aromatic heterocycles. The topological polar surface area (TPSA) is 51.0 Å². The van der Waals surface area contributed by atoms with Crippen molar-refractivity contribution in [1.29, 1.82) is 0 Å². The van der Waals surface area contributed by atoms with Crippen molar-refractivity contribution in [3.63, 3.8) is 0 Å². The lowest BCUT2D eigenvalue weighted by Gasteiger charge is -2.04. The van der Waals surface area contributed by atoms with Gasteiger partial charge in [-0.05, 0) is 38.1 Å². The van der Waals surface area contributed by atoms with Gasteiger partial charge in [-0.2, -0.15) is 4.98 Å². The third kappa shape index (κ3) is 5.47. The third-order valence-electron chi connectivity index (χ3n) is 3.12. The molecule has 0 radical (unpaired) electrons. The van der Waals surface area contributed by atoms with Gasteiger partial charge in [0.2, 0.25) is 5.89 Å². The van der Waals surface area contributed by atoms with E-state index in [1.54, 1.807) is 6.07 Å². The maximum absolute atomic E-state index is 6.13. The molecule has 1 unspecified atom stereocenters. The molecule has 2 aromatic rings. The molecule has 0 aliphatic carbocycles. The lowest BCUT2D eigenvalue weighted by Crippen LogP contribution is -2.24. The van der Waals surface area contributed by atoms with Gasteiger partial charge >= 0.3 is 0 Å². The van der Waals surface area contributed by atoms with Crippen LogP contribution in [0.4, 0.5) is 0 Å². The molecule has 1 atom stereocenters. The Morgan fingerprint density at radius 2 is 2.05 bits per heavy atom. The molecule has 0 fully saturated rings. The summed E-state index contributed by atoms with van der Waals surface area (Å²) in [4.78, 5) is 4.37. The fourth-order valence-corrected chi connectivity index (χ4v) is 2.32. The lowest BCUT2D eigenvalue weighted by atomic mass is 10.1. The van der Waals surface area contributed by atoms with Crippen LogP contribution in [0, 0.1) is 0 Å². The van der Waals surface area contributed by atoms with Gasteiger partial charge in [0.15, 0.2) is 5.82 Å². The van der Waals surface area contributed by atoms with Crippen molar-refractivity contribution in [2.45, 2.75) is 32.2 Å². The number of hydrogen-bond acceptors (Lipinski definition) is 4. The molecule has 0 saturated carbocycles. The Kier molecular flexibility index (Phi) is 7.46. The molecular weight excluding hydrogens is 333 g/mol. The zero-order chi connectivity index (χ0) is 14.5. The van der Waals surface area contributed by atoms with Crippen molar-refractivity contribution in [3.05, 3.63) is 45.5 Å². The van der Waals surface area contributed by atoms with Gasteiger partial charge in [0, 0.05) is 28.9 Å². The lowest BCUT2D eigenvalue weighted by molar-refractivity contribution is 0.371. The van der Waals surface area contributed by atoms with Gasteiger partial charge in [0.05, 0.1) is 0 Å². The van der Waals surface area contributed by atoms with E-state index in [2.05, 4.69) is 22.4 Å². The van der Waals surface area contributed by atoms with E-state index in [-0.39, 0.29) is 12.4 Å². The number of halogens is 3. The van der Waals surface area contributed by atoms with Crippen LogP contribution in [0.1, 0.15) is 24.2 Å². The maximum Gasteiger partial charge on any atom is 0.226 e. The second-order valence-corrected chi connectivity index (χ2v) is 5.58. The van der Waals surface area contributed by atoms with Crippen molar-refractivity contribution in [1.82, 2.24) is 15.5 Å². The molecule has 0 saturated heterocycles. The minimum Gasteiger partial charge on any atom is -0.339 e. The van der Waals surface area contributed by atoms with Crippen molar-refractivity contribution >= 4 is 35.6 Å². The summed E-state index contributed by atoms with van der Waals surface area (Å²) in [5.74, 6) is 1.36. The second-order valence-electron chi connectivity index (χ2n) is 4.73. The summed E-state index contributed by atoms with van der Waals surface area (Å²) in [7, 11) is 1.91. The normalized spacial score (nSPS) is 12.0. The summed E-state index contributed by atoms with van der Waals surface area (Å²) >= 11 is 12.0. The fourth-order valence-electron chi connectivity index (χ4n) is 1.82. The van der Waals surface area contributed by atoms with Crippen LogP contribution in [0.2, 0.25) is 10.0 Å². The zero-order valence-electron chi connectivity index (χ0n) is 11.9. The van der Waals surface area contributed by atoms with Crippen LogP contribution in [0.25, 0.3) is 0 Å². The van der Waals surface area contributed by atoms with E-state index in [0.717, 1.165) is 24.2 Å². The first-order chi connectivity index (χ1) is 9.58. The fraction of sp³-hybridized carbons (Fsp3) is 0.429. The number of nitrogens with one attached hydrogen (secondary N) is 1. The molecule has 0 amide bonds.